The zero-order chi connectivity index (χ0) is 18.7. The number of carbonyl (C=O) groups is 2. The molecule has 0 spiro atoms. The molecule has 2 heterocycles. The molecule has 1 aliphatic heterocycles. The summed E-state index contributed by atoms with van der Waals surface area (Å²) in [5.74, 6) is -0.00894. The lowest BCUT2D eigenvalue weighted by Gasteiger charge is -2.20. The van der Waals surface area contributed by atoms with E-state index in [-0.39, 0.29) is 11.8 Å². The van der Waals surface area contributed by atoms with Crippen molar-refractivity contribution in [3.05, 3.63) is 45.8 Å². The van der Waals surface area contributed by atoms with Gasteiger partial charge in [0.25, 0.3) is 11.8 Å². The predicted molar refractivity (Wildman–Crippen MR) is 98.8 cm³/mol. The molecule has 2 N–H and O–H groups in total. The molecule has 1 aromatic carbocycles. The third-order valence-corrected chi connectivity index (χ3v) is 4.68. The van der Waals surface area contributed by atoms with Crippen LogP contribution in [0.1, 0.15) is 38.6 Å². The third kappa shape index (κ3) is 3.89. The van der Waals surface area contributed by atoms with E-state index in [9.17, 15) is 9.59 Å². The summed E-state index contributed by atoms with van der Waals surface area (Å²) in [4.78, 5) is 27.1. The Hall–Kier alpha value is -2.38. The number of carbonyl (C=O) groups excluding carboxylic acids is 2. The summed E-state index contributed by atoms with van der Waals surface area (Å²) in [5, 5.41) is 10.2. The Kier molecular flexibility index (Phi) is 5.58. The van der Waals surface area contributed by atoms with E-state index in [0.717, 1.165) is 19.5 Å². The summed E-state index contributed by atoms with van der Waals surface area (Å²) in [6, 6.07) is 4.90. The number of aryl methyl sites for hydroxylation is 2. The number of rotatable bonds is 3. The summed E-state index contributed by atoms with van der Waals surface area (Å²) < 4.78 is 5.03. The Morgan fingerprint density at radius 1 is 1.27 bits per heavy atom. The Balaban J connectivity index is 1.81. The second-order valence-electron chi connectivity index (χ2n) is 6.24. The van der Waals surface area contributed by atoms with Gasteiger partial charge in [0, 0.05) is 25.2 Å². The predicted octanol–water partition coefficient (Wildman–Crippen LogP) is 2.63. The maximum atomic E-state index is 12.8. The van der Waals surface area contributed by atoms with Crippen LogP contribution in [-0.4, -0.2) is 48.0 Å². The van der Waals surface area contributed by atoms with Crippen LogP contribution in [0.5, 0.6) is 0 Å². The standard InChI is InChI=1S/C18H21ClN4O3/c1-11-16(12(2)26-22-11)17(24)21-15-10-13(4-5-14(15)19)18(25)23-8-3-6-20-7-9-23/h4-5,10,20H,3,6-9H2,1-2H3,(H,21,24). The van der Waals surface area contributed by atoms with Gasteiger partial charge in [-0.3, -0.25) is 9.59 Å². The molecular weight excluding hydrogens is 356 g/mol. The Labute approximate surface area is 156 Å². The van der Waals surface area contributed by atoms with Crippen molar-refractivity contribution in [1.29, 1.82) is 0 Å². The van der Waals surface area contributed by atoms with E-state index in [4.69, 9.17) is 16.1 Å². The molecule has 3 rings (SSSR count). The lowest BCUT2D eigenvalue weighted by molar-refractivity contribution is 0.0766. The molecule has 1 aromatic heterocycles. The molecule has 0 bridgehead atoms. The van der Waals surface area contributed by atoms with Gasteiger partial charge in [-0.15, -0.1) is 0 Å². The molecule has 26 heavy (non-hydrogen) atoms. The monoisotopic (exact) mass is 376 g/mol. The average molecular weight is 377 g/mol. The summed E-state index contributed by atoms with van der Waals surface area (Å²) in [7, 11) is 0. The average Bonchev–Trinajstić information content (AvgIpc) is 2.81. The van der Waals surface area contributed by atoms with Gasteiger partial charge >= 0.3 is 0 Å². The molecule has 0 saturated carbocycles. The minimum atomic E-state index is -0.369. The van der Waals surface area contributed by atoms with Gasteiger partial charge in [0.1, 0.15) is 11.3 Å². The van der Waals surface area contributed by atoms with Crippen LogP contribution in [0.2, 0.25) is 5.02 Å². The number of aromatic nitrogens is 1. The molecule has 1 fully saturated rings. The minimum Gasteiger partial charge on any atom is -0.361 e. The van der Waals surface area contributed by atoms with E-state index in [1.54, 1.807) is 32.0 Å². The fourth-order valence-corrected chi connectivity index (χ4v) is 3.14. The van der Waals surface area contributed by atoms with E-state index < -0.39 is 0 Å². The van der Waals surface area contributed by atoms with E-state index in [1.807, 2.05) is 4.90 Å². The largest absolute Gasteiger partial charge is 0.361 e. The summed E-state index contributed by atoms with van der Waals surface area (Å²) >= 11 is 6.21. The Bertz CT molecular complexity index is 806. The summed E-state index contributed by atoms with van der Waals surface area (Å²) in [6.45, 7) is 6.40. The number of hydrogen-bond donors (Lipinski definition) is 2. The van der Waals surface area contributed by atoms with Gasteiger partial charge in [-0.25, -0.2) is 0 Å². The lowest BCUT2D eigenvalue weighted by atomic mass is 10.1. The number of nitrogens with zero attached hydrogens (tertiary/aromatic N) is 2. The second kappa shape index (κ2) is 7.88. The van der Waals surface area contributed by atoms with Crippen LogP contribution in [0.25, 0.3) is 0 Å². The first-order valence-corrected chi connectivity index (χ1v) is 8.89. The normalized spacial score (nSPS) is 14.8. The van der Waals surface area contributed by atoms with Gasteiger partial charge in [-0.2, -0.15) is 0 Å². The van der Waals surface area contributed by atoms with Gasteiger partial charge in [-0.1, -0.05) is 16.8 Å². The molecule has 0 aliphatic carbocycles. The van der Waals surface area contributed by atoms with Gasteiger partial charge in [0.2, 0.25) is 0 Å². The highest BCUT2D eigenvalue weighted by Crippen LogP contribution is 2.25. The molecular formula is C18H21ClN4O3. The summed E-state index contributed by atoms with van der Waals surface area (Å²) in [6.07, 6.45) is 0.912. The van der Waals surface area contributed by atoms with Crippen molar-refractivity contribution in [2.24, 2.45) is 0 Å². The van der Waals surface area contributed by atoms with Crippen molar-refractivity contribution in [3.63, 3.8) is 0 Å². The number of benzene rings is 1. The zero-order valence-electron chi connectivity index (χ0n) is 14.8. The van der Waals surface area contributed by atoms with Crippen LogP contribution in [0.3, 0.4) is 0 Å². The van der Waals surface area contributed by atoms with E-state index in [0.29, 0.717) is 46.4 Å². The van der Waals surface area contributed by atoms with E-state index in [1.165, 1.54) is 0 Å². The van der Waals surface area contributed by atoms with Crippen LogP contribution in [0.4, 0.5) is 5.69 Å². The van der Waals surface area contributed by atoms with Crippen LogP contribution >= 0.6 is 11.6 Å². The first kappa shape index (κ1) is 18.4. The second-order valence-corrected chi connectivity index (χ2v) is 6.65. The van der Waals surface area contributed by atoms with Crippen molar-refractivity contribution >= 4 is 29.1 Å². The van der Waals surface area contributed by atoms with Gasteiger partial charge in [0.05, 0.1) is 16.4 Å². The number of hydrogen-bond acceptors (Lipinski definition) is 5. The van der Waals surface area contributed by atoms with Gasteiger partial charge < -0.3 is 20.1 Å². The molecule has 0 atom stereocenters. The highest BCUT2D eigenvalue weighted by Gasteiger charge is 2.21. The van der Waals surface area contributed by atoms with Gasteiger partial charge in [-0.05, 0) is 45.0 Å². The zero-order valence-corrected chi connectivity index (χ0v) is 15.5. The number of nitrogens with one attached hydrogen (secondary N) is 2. The molecule has 2 aromatic rings. The molecule has 7 nitrogen and oxygen atoms in total. The lowest BCUT2D eigenvalue weighted by Crippen LogP contribution is -2.34. The Morgan fingerprint density at radius 2 is 2.08 bits per heavy atom. The van der Waals surface area contributed by atoms with Crippen LogP contribution in [0.15, 0.2) is 22.7 Å². The number of anilines is 1. The first-order chi connectivity index (χ1) is 12.5. The molecule has 2 amide bonds. The number of amides is 2. The Morgan fingerprint density at radius 3 is 2.81 bits per heavy atom. The third-order valence-electron chi connectivity index (χ3n) is 4.35. The van der Waals surface area contributed by atoms with E-state index in [2.05, 4.69) is 15.8 Å². The van der Waals surface area contributed by atoms with Gasteiger partial charge in [0.15, 0.2) is 0 Å². The van der Waals surface area contributed by atoms with Crippen molar-refractivity contribution < 1.29 is 14.1 Å². The van der Waals surface area contributed by atoms with Crippen molar-refractivity contribution in [2.45, 2.75) is 20.3 Å². The number of halogens is 1. The molecule has 138 valence electrons. The maximum absolute atomic E-state index is 12.8. The van der Waals surface area contributed by atoms with E-state index >= 15 is 0 Å². The molecule has 0 radical (unpaired) electrons. The minimum absolute atomic E-state index is 0.0711. The SMILES string of the molecule is Cc1noc(C)c1C(=O)Nc1cc(C(=O)N2CCCNCC2)ccc1Cl. The molecule has 8 heteroatoms. The quantitative estimate of drug-likeness (QED) is 0.859. The fourth-order valence-electron chi connectivity index (χ4n) is 2.98. The van der Waals surface area contributed by atoms with Crippen molar-refractivity contribution in [1.82, 2.24) is 15.4 Å². The smallest absolute Gasteiger partial charge is 0.261 e. The van der Waals surface area contributed by atoms with Crippen molar-refractivity contribution in [3.8, 4) is 0 Å². The highest BCUT2D eigenvalue weighted by molar-refractivity contribution is 6.34. The van der Waals surface area contributed by atoms with Crippen molar-refractivity contribution in [2.75, 3.05) is 31.5 Å². The first-order valence-electron chi connectivity index (χ1n) is 8.51. The highest BCUT2D eigenvalue weighted by atomic mass is 35.5. The fraction of sp³-hybridized carbons (Fsp3) is 0.389. The summed E-state index contributed by atoms with van der Waals surface area (Å²) in [5.41, 5.74) is 1.75. The maximum Gasteiger partial charge on any atom is 0.261 e. The van der Waals surface area contributed by atoms with Crippen LogP contribution in [-0.2, 0) is 0 Å². The van der Waals surface area contributed by atoms with Crippen LogP contribution < -0.4 is 10.6 Å². The molecule has 1 saturated heterocycles. The molecule has 0 unspecified atom stereocenters. The van der Waals surface area contributed by atoms with Crippen LogP contribution in [0, 0.1) is 13.8 Å². The molecule has 1 aliphatic rings. The topological polar surface area (TPSA) is 87.5 Å².